The average molecular weight is 294 g/mol. The SMILES string of the molecule is Cc1[nH]ncc1CNC(=O)N1CCC(C(=O)O)(C(C)C)C1. The number of hydrogen-bond donors (Lipinski definition) is 3. The summed E-state index contributed by atoms with van der Waals surface area (Å²) in [4.78, 5) is 25.3. The van der Waals surface area contributed by atoms with Crippen LogP contribution in [-0.2, 0) is 11.3 Å². The number of urea groups is 1. The number of aromatic nitrogens is 2. The number of hydrogen-bond acceptors (Lipinski definition) is 3. The van der Waals surface area contributed by atoms with Crippen LogP contribution in [0, 0.1) is 18.3 Å². The lowest BCUT2D eigenvalue weighted by atomic mass is 9.76. The third-order valence-corrected chi connectivity index (χ3v) is 4.48. The lowest BCUT2D eigenvalue weighted by Gasteiger charge is -2.28. The van der Waals surface area contributed by atoms with E-state index in [1.54, 1.807) is 11.1 Å². The van der Waals surface area contributed by atoms with Crippen molar-refractivity contribution in [3.63, 3.8) is 0 Å². The van der Waals surface area contributed by atoms with E-state index in [2.05, 4.69) is 15.5 Å². The predicted molar refractivity (Wildman–Crippen MR) is 76.7 cm³/mol. The van der Waals surface area contributed by atoms with Crippen molar-refractivity contribution in [2.75, 3.05) is 13.1 Å². The van der Waals surface area contributed by atoms with Crippen molar-refractivity contribution in [3.05, 3.63) is 17.5 Å². The van der Waals surface area contributed by atoms with Gasteiger partial charge in [0.25, 0.3) is 0 Å². The number of amides is 2. The molecule has 1 aliphatic heterocycles. The van der Waals surface area contributed by atoms with E-state index < -0.39 is 11.4 Å². The smallest absolute Gasteiger partial charge is 0.317 e. The molecule has 2 heterocycles. The zero-order valence-corrected chi connectivity index (χ0v) is 12.6. The molecule has 2 rings (SSSR count). The second-order valence-corrected chi connectivity index (χ2v) is 5.97. The van der Waals surface area contributed by atoms with Gasteiger partial charge in [-0.1, -0.05) is 13.8 Å². The highest BCUT2D eigenvalue weighted by atomic mass is 16.4. The van der Waals surface area contributed by atoms with Gasteiger partial charge in [-0.25, -0.2) is 4.79 Å². The van der Waals surface area contributed by atoms with E-state index in [1.807, 2.05) is 20.8 Å². The van der Waals surface area contributed by atoms with Gasteiger partial charge < -0.3 is 15.3 Å². The summed E-state index contributed by atoms with van der Waals surface area (Å²) in [5.74, 6) is -0.831. The third kappa shape index (κ3) is 2.86. The number of nitrogens with zero attached hydrogens (tertiary/aromatic N) is 2. The van der Waals surface area contributed by atoms with Crippen LogP contribution in [0.3, 0.4) is 0 Å². The van der Waals surface area contributed by atoms with Crippen LogP contribution in [0.2, 0.25) is 0 Å². The fourth-order valence-electron chi connectivity index (χ4n) is 2.74. The fraction of sp³-hybridized carbons (Fsp3) is 0.643. The number of nitrogens with one attached hydrogen (secondary N) is 2. The molecule has 116 valence electrons. The minimum atomic E-state index is -0.830. The van der Waals surface area contributed by atoms with Crippen molar-refractivity contribution in [2.45, 2.75) is 33.7 Å². The van der Waals surface area contributed by atoms with Crippen LogP contribution in [0.5, 0.6) is 0 Å². The number of likely N-dealkylation sites (tertiary alicyclic amines) is 1. The van der Waals surface area contributed by atoms with E-state index in [-0.39, 0.29) is 18.5 Å². The predicted octanol–water partition coefficient (Wildman–Crippen LogP) is 1.36. The first-order valence-electron chi connectivity index (χ1n) is 7.12. The number of carbonyl (C=O) groups excluding carboxylic acids is 1. The van der Waals surface area contributed by atoms with Gasteiger partial charge in [-0.15, -0.1) is 0 Å². The van der Waals surface area contributed by atoms with Crippen molar-refractivity contribution < 1.29 is 14.7 Å². The molecule has 1 aromatic heterocycles. The molecule has 7 nitrogen and oxygen atoms in total. The summed E-state index contributed by atoms with van der Waals surface area (Å²) in [5.41, 5.74) is 1.01. The largest absolute Gasteiger partial charge is 0.481 e. The molecule has 1 saturated heterocycles. The highest BCUT2D eigenvalue weighted by molar-refractivity contribution is 5.80. The van der Waals surface area contributed by atoms with E-state index >= 15 is 0 Å². The number of H-pyrrole nitrogens is 1. The number of aliphatic carboxylic acids is 1. The van der Waals surface area contributed by atoms with Crippen molar-refractivity contribution in [3.8, 4) is 0 Å². The molecule has 21 heavy (non-hydrogen) atoms. The summed E-state index contributed by atoms with van der Waals surface area (Å²) in [6.45, 7) is 6.80. The monoisotopic (exact) mass is 294 g/mol. The average Bonchev–Trinajstić information content (AvgIpc) is 3.03. The van der Waals surface area contributed by atoms with Gasteiger partial charge in [-0.05, 0) is 19.3 Å². The van der Waals surface area contributed by atoms with Gasteiger partial charge in [0.15, 0.2) is 0 Å². The number of aromatic amines is 1. The molecule has 0 radical (unpaired) electrons. The number of aryl methyl sites for hydroxylation is 1. The summed E-state index contributed by atoms with van der Waals surface area (Å²) in [6.07, 6.45) is 2.17. The summed E-state index contributed by atoms with van der Waals surface area (Å²) < 4.78 is 0. The Morgan fingerprint density at radius 2 is 2.29 bits per heavy atom. The molecule has 1 aliphatic rings. The minimum Gasteiger partial charge on any atom is -0.481 e. The van der Waals surface area contributed by atoms with Crippen LogP contribution in [-0.4, -0.2) is 45.3 Å². The van der Waals surface area contributed by atoms with Crippen LogP contribution < -0.4 is 5.32 Å². The van der Waals surface area contributed by atoms with Gasteiger partial charge in [-0.3, -0.25) is 9.89 Å². The maximum Gasteiger partial charge on any atom is 0.317 e. The first kappa shape index (κ1) is 15.3. The van der Waals surface area contributed by atoms with Gasteiger partial charge in [-0.2, -0.15) is 5.10 Å². The van der Waals surface area contributed by atoms with E-state index in [1.165, 1.54) is 0 Å². The van der Waals surface area contributed by atoms with Gasteiger partial charge in [0, 0.05) is 30.9 Å². The Morgan fingerprint density at radius 1 is 1.57 bits per heavy atom. The zero-order valence-electron chi connectivity index (χ0n) is 12.6. The van der Waals surface area contributed by atoms with Crippen molar-refractivity contribution in [2.24, 2.45) is 11.3 Å². The first-order chi connectivity index (χ1) is 9.86. The van der Waals surface area contributed by atoms with Gasteiger partial charge >= 0.3 is 12.0 Å². The zero-order chi connectivity index (χ0) is 15.6. The van der Waals surface area contributed by atoms with E-state index in [0.717, 1.165) is 11.3 Å². The summed E-state index contributed by atoms with van der Waals surface area (Å²) in [6, 6.07) is -0.223. The maximum atomic E-state index is 12.2. The first-order valence-corrected chi connectivity index (χ1v) is 7.12. The Labute approximate surface area is 123 Å². The molecule has 0 spiro atoms. The Bertz CT molecular complexity index is 540. The molecular weight excluding hydrogens is 272 g/mol. The highest BCUT2D eigenvalue weighted by Crippen LogP contribution is 2.38. The van der Waals surface area contributed by atoms with Gasteiger partial charge in [0.1, 0.15) is 0 Å². The standard InChI is InChI=1S/C14H22N4O3/c1-9(2)14(12(19)20)4-5-18(8-14)13(21)15-6-11-7-16-17-10(11)3/h7,9H,4-6,8H2,1-3H3,(H,15,21)(H,16,17)(H,19,20). The molecule has 1 unspecified atom stereocenters. The summed E-state index contributed by atoms with van der Waals surface area (Å²) in [5, 5.41) is 19.0. The number of carboxylic acid groups (broad SMARTS) is 1. The third-order valence-electron chi connectivity index (χ3n) is 4.48. The van der Waals surface area contributed by atoms with Crippen LogP contribution in [0.15, 0.2) is 6.20 Å². The highest BCUT2D eigenvalue weighted by Gasteiger charge is 2.48. The van der Waals surface area contributed by atoms with E-state index in [0.29, 0.717) is 19.5 Å². The Balaban J connectivity index is 1.96. The minimum absolute atomic E-state index is 0.0103. The second-order valence-electron chi connectivity index (χ2n) is 5.97. The summed E-state index contributed by atoms with van der Waals surface area (Å²) in [7, 11) is 0. The lowest BCUT2D eigenvalue weighted by Crippen LogP contribution is -2.43. The Hall–Kier alpha value is -2.05. The number of rotatable bonds is 4. The Morgan fingerprint density at radius 3 is 2.76 bits per heavy atom. The molecule has 1 atom stereocenters. The molecule has 1 fully saturated rings. The van der Waals surface area contributed by atoms with E-state index in [9.17, 15) is 14.7 Å². The Kier molecular flexibility index (Phi) is 4.20. The second kappa shape index (κ2) is 5.75. The van der Waals surface area contributed by atoms with E-state index in [4.69, 9.17) is 0 Å². The molecule has 0 saturated carbocycles. The van der Waals surface area contributed by atoms with Crippen molar-refractivity contribution in [1.29, 1.82) is 0 Å². The number of carboxylic acids is 1. The van der Waals surface area contributed by atoms with Gasteiger partial charge in [0.2, 0.25) is 0 Å². The lowest BCUT2D eigenvalue weighted by molar-refractivity contribution is -0.150. The van der Waals surface area contributed by atoms with Crippen LogP contribution in [0.1, 0.15) is 31.5 Å². The molecular formula is C14H22N4O3. The van der Waals surface area contributed by atoms with Crippen molar-refractivity contribution in [1.82, 2.24) is 20.4 Å². The van der Waals surface area contributed by atoms with Gasteiger partial charge in [0.05, 0.1) is 11.6 Å². The molecule has 7 heteroatoms. The van der Waals surface area contributed by atoms with Crippen LogP contribution in [0.4, 0.5) is 4.79 Å². The maximum absolute atomic E-state index is 12.2. The molecule has 0 bridgehead atoms. The fourth-order valence-corrected chi connectivity index (χ4v) is 2.74. The number of carbonyl (C=O) groups is 2. The molecule has 3 N–H and O–H groups in total. The molecule has 0 aliphatic carbocycles. The quantitative estimate of drug-likeness (QED) is 0.781. The van der Waals surface area contributed by atoms with Crippen LogP contribution in [0.25, 0.3) is 0 Å². The molecule has 0 aromatic carbocycles. The summed E-state index contributed by atoms with van der Waals surface area (Å²) >= 11 is 0. The van der Waals surface area contributed by atoms with Crippen LogP contribution >= 0.6 is 0 Å². The normalized spacial score (nSPS) is 21.8. The molecule has 1 aromatic rings. The topological polar surface area (TPSA) is 98.3 Å². The molecule has 2 amide bonds. The van der Waals surface area contributed by atoms with Crippen molar-refractivity contribution >= 4 is 12.0 Å².